The Labute approximate surface area is 343 Å². The number of hydrogen-bond donors (Lipinski definition) is 5. The average Bonchev–Trinajstić information content (AvgIpc) is 3.26. The molecule has 1 amide bonds. The van der Waals surface area contributed by atoms with Crippen LogP contribution in [-0.2, 0) is 20.8 Å². The number of aromatic nitrogens is 1. The van der Waals surface area contributed by atoms with Gasteiger partial charge in [-0.3, -0.25) is 9.69 Å². The van der Waals surface area contributed by atoms with E-state index in [0.717, 1.165) is 62.0 Å². The topological polar surface area (TPSA) is 172 Å². The number of benzene rings is 4. The highest BCUT2D eigenvalue weighted by molar-refractivity contribution is 5.89. The normalized spacial score (nSPS) is 18.2. The minimum atomic E-state index is -0.817. The standard InChI is InChI=1S/C46H52N4O9/c51-38-18-16-35(36-17-19-42(53)48-44(36)38)39(52)28-47-22-6-7-25-56-26-27-57-45(54)34-14-12-31(13-15-34)30-58-40-11-5-4-10-37(40)43(33-8-2-1-3-9-33)49-46(55)59-41-29-50-23-20-32(41)21-24-50/h1-5,8-19,32,39,41,43,47,51-52H,6-7,20-30H2,(H,48,53)(H,49,55)/t39-,41-,43?/m0/s1. The Hall–Kier alpha value is -5.73. The summed E-state index contributed by atoms with van der Waals surface area (Å²) in [5, 5.41) is 27.7. The molecule has 3 aliphatic rings. The molecule has 3 saturated heterocycles. The zero-order valence-electron chi connectivity index (χ0n) is 33.0. The molecule has 0 radical (unpaired) electrons. The summed E-state index contributed by atoms with van der Waals surface area (Å²) < 4.78 is 23.4. The lowest BCUT2D eigenvalue weighted by atomic mass is 9.86. The molecule has 5 N–H and O–H groups in total. The lowest BCUT2D eigenvalue weighted by Gasteiger charge is -2.43. The molecular formula is C46H52N4O9. The van der Waals surface area contributed by atoms with E-state index in [-0.39, 0.29) is 37.2 Å². The van der Waals surface area contributed by atoms with Gasteiger partial charge in [0.1, 0.15) is 30.8 Å². The predicted octanol–water partition coefficient (Wildman–Crippen LogP) is 6.00. The molecule has 1 aromatic heterocycles. The van der Waals surface area contributed by atoms with Crippen LogP contribution in [0.25, 0.3) is 10.9 Å². The summed E-state index contributed by atoms with van der Waals surface area (Å²) in [6, 6.07) is 30.1. The first kappa shape index (κ1) is 41.4. The molecule has 3 aliphatic heterocycles. The number of alkyl carbamates (subject to hydrolysis) is 1. The molecular weight excluding hydrogens is 753 g/mol. The summed E-state index contributed by atoms with van der Waals surface area (Å²) in [6.07, 6.45) is 2.35. The fourth-order valence-corrected chi connectivity index (χ4v) is 7.80. The van der Waals surface area contributed by atoms with Crippen LogP contribution in [0.4, 0.5) is 4.79 Å². The van der Waals surface area contributed by atoms with E-state index in [1.807, 2.05) is 66.7 Å². The number of H-pyrrole nitrogens is 1. The molecule has 4 heterocycles. The zero-order chi connectivity index (χ0) is 41.0. The monoisotopic (exact) mass is 804 g/mol. The third kappa shape index (κ3) is 11.1. The van der Waals surface area contributed by atoms with Gasteiger partial charge >= 0.3 is 12.1 Å². The van der Waals surface area contributed by atoms with Crippen LogP contribution in [0.2, 0.25) is 0 Å². The lowest BCUT2D eigenvalue weighted by Crippen LogP contribution is -2.52. The third-order valence-electron chi connectivity index (χ3n) is 11.0. The molecule has 0 spiro atoms. The lowest BCUT2D eigenvalue weighted by molar-refractivity contribution is -0.0336. The number of piperidine rings is 3. The van der Waals surface area contributed by atoms with Crippen molar-refractivity contribution >= 4 is 23.0 Å². The third-order valence-corrected chi connectivity index (χ3v) is 11.0. The number of carbonyl (C=O) groups excluding carboxylic acids is 2. The quantitative estimate of drug-likeness (QED) is 0.0490. The van der Waals surface area contributed by atoms with Gasteiger partial charge in [0.25, 0.3) is 0 Å². The number of fused-ring (bicyclic) bond motifs is 4. The smallest absolute Gasteiger partial charge is 0.408 e. The van der Waals surface area contributed by atoms with Gasteiger partial charge in [0.2, 0.25) is 5.56 Å². The van der Waals surface area contributed by atoms with Crippen LogP contribution < -0.4 is 20.9 Å². The number of phenolic OH excluding ortho intramolecular Hbond substituents is 1. The average molecular weight is 805 g/mol. The van der Waals surface area contributed by atoms with Gasteiger partial charge in [0.15, 0.2) is 0 Å². The number of phenols is 1. The molecule has 2 bridgehead atoms. The maximum absolute atomic E-state index is 13.3. The maximum Gasteiger partial charge on any atom is 0.408 e. The minimum Gasteiger partial charge on any atom is -0.506 e. The molecule has 0 saturated carbocycles. The highest BCUT2D eigenvalue weighted by Gasteiger charge is 2.37. The molecule has 13 heteroatoms. The molecule has 5 aromatic rings. The number of pyridine rings is 1. The van der Waals surface area contributed by atoms with Crippen molar-refractivity contribution in [1.29, 1.82) is 0 Å². The highest BCUT2D eigenvalue weighted by atomic mass is 16.6. The summed E-state index contributed by atoms with van der Waals surface area (Å²) >= 11 is 0. The van der Waals surface area contributed by atoms with Crippen molar-refractivity contribution in [1.82, 2.24) is 20.5 Å². The van der Waals surface area contributed by atoms with E-state index in [2.05, 4.69) is 20.5 Å². The van der Waals surface area contributed by atoms with Crippen LogP contribution >= 0.6 is 0 Å². The number of esters is 1. The van der Waals surface area contributed by atoms with Crippen LogP contribution in [0.5, 0.6) is 11.5 Å². The molecule has 59 heavy (non-hydrogen) atoms. The van der Waals surface area contributed by atoms with Gasteiger partial charge in [-0.1, -0.05) is 66.7 Å². The van der Waals surface area contributed by atoms with Crippen molar-refractivity contribution in [3.63, 3.8) is 0 Å². The van der Waals surface area contributed by atoms with E-state index in [1.54, 1.807) is 24.3 Å². The molecule has 3 atom stereocenters. The van der Waals surface area contributed by atoms with Gasteiger partial charge in [-0.2, -0.15) is 0 Å². The van der Waals surface area contributed by atoms with Gasteiger partial charge in [0, 0.05) is 36.7 Å². The Morgan fingerprint density at radius 3 is 2.41 bits per heavy atom. The Morgan fingerprint density at radius 1 is 0.847 bits per heavy atom. The summed E-state index contributed by atoms with van der Waals surface area (Å²) in [5.74, 6) is 0.546. The molecule has 4 aromatic carbocycles. The van der Waals surface area contributed by atoms with Gasteiger partial charge in [-0.15, -0.1) is 0 Å². The van der Waals surface area contributed by atoms with Crippen molar-refractivity contribution in [3.05, 3.63) is 141 Å². The van der Waals surface area contributed by atoms with Gasteiger partial charge in [-0.25, -0.2) is 9.59 Å². The largest absolute Gasteiger partial charge is 0.506 e. The van der Waals surface area contributed by atoms with E-state index in [1.165, 1.54) is 12.1 Å². The van der Waals surface area contributed by atoms with Crippen LogP contribution in [0.1, 0.15) is 70.4 Å². The van der Waals surface area contributed by atoms with Crippen molar-refractivity contribution in [2.24, 2.45) is 5.92 Å². The number of unbranched alkanes of at least 4 members (excludes halogenated alkanes) is 1. The summed E-state index contributed by atoms with van der Waals surface area (Å²) in [4.78, 5) is 42.6. The second kappa shape index (κ2) is 20.3. The number of nitrogens with one attached hydrogen (secondary N) is 3. The number of ether oxygens (including phenoxy) is 4. The Kier molecular flexibility index (Phi) is 14.3. The number of hydrogen-bond acceptors (Lipinski definition) is 11. The molecule has 8 rings (SSSR count). The number of carbonyl (C=O) groups is 2. The highest BCUT2D eigenvalue weighted by Crippen LogP contribution is 2.33. The van der Waals surface area contributed by atoms with Crippen LogP contribution in [0.15, 0.2) is 108 Å². The van der Waals surface area contributed by atoms with Crippen LogP contribution in [0.3, 0.4) is 0 Å². The van der Waals surface area contributed by atoms with Crippen molar-refractivity contribution < 1.29 is 38.7 Å². The molecule has 1 unspecified atom stereocenters. The Balaban J connectivity index is 0.809. The number of nitrogens with zero attached hydrogens (tertiary/aromatic N) is 1. The first-order valence-electron chi connectivity index (χ1n) is 20.4. The fraction of sp³-hybridized carbons (Fsp3) is 0.370. The van der Waals surface area contributed by atoms with E-state index < -0.39 is 24.2 Å². The predicted molar refractivity (Wildman–Crippen MR) is 222 cm³/mol. The van der Waals surface area contributed by atoms with Crippen molar-refractivity contribution in [2.45, 2.75) is 50.5 Å². The van der Waals surface area contributed by atoms with E-state index in [0.29, 0.717) is 53.4 Å². The van der Waals surface area contributed by atoms with E-state index >= 15 is 0 Å². The SMILES string of the molecule is O=C(NC(c1ccccc1)c1ccccc1OCc1ccc(C(=O)OCCOCCCCNC[C@H](O)c2ccc(O)c3[nH]c(=O)ccc23)cc1)O[C@H]1CN2CCC1CC2. The fourth-order valence-electron chi connectivity index (χ4n) is 7.80. The molecule has 13 nitrogen and oxygen atoms in total. The first-order valence-corrected chi connectivity index (χ1v) is 20.4. The molecule has 0 aliphatic carbocycles. The summed E-state index contributed by atoms with van der Waals surface area (Å²) in [6.45, 7) is 5.05. The summed E-state index contributed by atoms with van der Waals surface area (Å²) in [7, 11) is 0. The number of para-hydroxylation sites is 1. The van der Waals surface area contributed by atoms with Crippen molar-refractivity contribution in [2.75, 3.05) is 52.5 Å². The number of amides is 1. The second-order valence-electron chi connectivity index (χ2n) is 15.1. The van der Waals surface area contributed by atoms with Crippen molar-refractivity contribution in [3.8, 4) is 11.5 Å². The zero-order valence-corrected chi connectivity index (χ0v) is 33.0. The number of aromatic amines is 1. The second-order valence-corrected chi connectivity index (χ2v) is 15.1. The van der Waals surface area contributed by atoms with Gasteiger partial charge in [0.05, 0.1) is 29.8 Å². The number of aliphatic hydroxyl groups is 1. The van der Waals surface area contributed by atoms with Crippen LogP contribution in [0, 0.1) is 5.92 Å². The van der Waals surface area contributed by atoms with Crippen LogP contribution in [-0.4, -0.2) is 90.8 Å². The molecule has 3 fully saturated rings. The number of rotatable bonds is 19. The maximum atomic E-state index is 13.3. The van der Waals surface area contributed by atoms with E-state index in [9.17, 15) is 24.6 Å². The Bertz CT molecular complexity index is 2210. The molecule has 310 valence electrons. The number of aromatic hydroxyl groups is 1. The minimum absolute atomic E-state index is 0.0465. The van der Waals surface area contributed by atoms with Gasteiger partial charge < -0.3 is 44.8 Å². The Morgan fingerprint density at radius 2 is 1.63 bits per heavy atom. The summed E-state index contributed by atoms with van der Waals surface area (Å²) in [5.41, 5.74) is 3.59. The van der Waals surface area contributed by atoms with E-state index in [4.69, 9.17) is 18.9 Å². The van der Waals surface area contributed by atoms with Gasteiger partial charge in [-0.05, 0) is 98.3 Å². The first-order chi connectivity index (χ1) is 28.8. The number of aliphatic hydroxyl groups excluding tert-OH is 1.